The van der Waals surface area contributed by atoms with E-state index in [-0.39, 0.29) is 23.6 Å². The number of rotatable bonds is 4. The van der Waals surface area contributed by atoms with Gasteiger partial charge in [0.05, 0.1) is 12.2 Å². The number of alkyl halides is 6. The van der Waals surface area contributed by atoms with Crippen LogP contribution in [0.25, 0.3) is 11.4 Å². The van der Waals surface area contributed by atoms with Gasteiger partial charge in [-0.15, -0.1) is 0 Å². The number of hydrogen-bond acceptors (Lipinski definition) is 5. The van der Waals surface area contributed by atoms with Gasteiger partial charge < -0.3 is 9.84 Å². The molecule has 12 heteroatoms. The number of nitrogens with one attached hydrogen (secondary N) is 1. The number of carbonyl (C=O) groups excluding carboxylic acids is 1. The van der Waals surface area contributed by atoms with Crippen molar-refractivity contribution in [3.05, 3.63) is 29.9 Å². The molecule has 0 aromatic carbocycles. The summed E-state index contributed by atoms with van der Waals surface area (Å²) in [5.41, 5.74) is 0.313. The fourth-order valence-corrected chi connectivity index (χ4v) is 1.55. The van der Waals surface area contributed by atoms with Crippen molar-refractivity contribution >= 4 is 5.91 Å². The van der Waals surface area contributed by atoms with Crippen molar-refractivity contribution in [2.24, 2.45) is 0 Å². The van der Waals surface area contributed by atoms with E-state index in [1.807, 2.05) is 5.32 Å². The molecule has 2 aromatic rings. The first-order valence-corrected chi connectivity index (χ1v) is 6.24. The second-order valence-corrected chi connectivity index (χ2v) is 4.53. The Morgan fingerprint density at radius 3 is 2.38 bits per heavy atom. The molecule has 130 valence electrons. The third-order valence-corrected chi connectivity index (χ3v) is 2.58. The van der Waals surface area contributed by atoms with Crippen LogP contribution < -0.4 is 5.32 Å². The highest BCUT2D eigenvalue weighted by Gasteiger charge is 2.38. The van der Waals surface area contributed by atoms with Crippen LogP contribution in [-0.4, -0.2) is 27.2 Å². The van der Waals surface area contributed by atoms with Crippen LogP contribution in [0.4, 0.5) is 26.3 Å². The minimum Gasteiger partial charge on any atom is -0.350 e. The van der Waals surface area contributed by atoms with Gasteiger partial charge in [-0.3, -0.25) is 9.78 Å². The number of hydrogen-bond donors (Lipinski definition) is 1. The lowest BCUT2D eigenvalue weighted by molar-refractivity contribution is -0.159. The van der Waals surface area contributed by atoms with Gasteiger partial charge in [0.25, 0.3) is 0 Å². The smallest absolute Gasteiger partial charge is 0.350 e. The second kappa shape index (κ2) is 6.45. The summed E-state index contributed by atoms with van der Waals surface area (Å²) in [5, 5.41) is 5.17. The Morgan fingerprint density at radius 2 is 1.88 bits per heavy atom. The van der Waals surface area contributed by atoms with Gasteiger partial charge in [-0.1, -0.05) is 5.16 Å². The molecule has 0 aliphatic heterocycles. The molecule has 0 radical (unpaired) electrons. The number of nitrogens with zero attached hydrogens (tertiary/aromatic N) is 3. The molecular formula is C12H8F6N4O2. The van der Waals surface area contributed by atoms with Gasteiger partial charge in [0, 0.05) is 11.8 Å². The average Bonchev–Trinajstić information content (AvgIpc) is 2.93. The molecule has 0 saturated carbocycles. The van der Waals surface area contributed by atoms with E-state index in [0.717, 1.165) is 6.20 Å². The van der Waals surface area contributed by atoms with Gasteiger partial charge in [0.1, 0.15) is 6.42 Å². The average molecular weight is 354 g/mol. The van der Waals surface area contributed by atoms with Gasteiger partial charge >= 0.3 is 18.2 Å². The molecule has 24 heavy (non-hydrogen) atoms. The maximum Gasteiger partial charge on any atom is 0.471 e. The van der Waals surface area contributed by atoms with E-state index >= 15 is 0 Å². The molecule has 0 atom stereocenters. The summed E-state index contributed by atoms with van der Waals surface area (Å²) in [4.78, 5) is 18.0. The molecular weight excluding hydrogens is 346 g/mol. The Kier molecular flexibility index (Phi) is 4.76. The zero-order chi connectivity index (χ0) is 18.0. The maximum atomic E-state index is 12.3. The van der Waals surface area contributed by atoms with Crippen molar-refractivity contribution < 1.29 is 35.7 Å². The zero-order valence-electron chi connectivity index (χ0n) is 11.6. The number of pyridine rings is 1. The summed E-state index contributed by atoms with van der Waals surface area (Å²) in [7, 11) is 0. The summed E-state index contributed by atoms with van der Waals surface area (Å²) in [6, 6.07) is 2.59. The standard InChI is InChI=1S/C12H8F6N4O2/c13-11(14,15)3-8(23)20-5-7-2-1-6(4-19-7)9-21-10(24-22-9)12(16,17)18/h1-2,4H,3,5H2,(H,20,23). The largest absolute Gasteiger partial charge is 0.471 e. The van der Waals surface area contributed by atoms with E-state index in [9.17, 15) is 31.1 Å². The van der Waals surface area contributed by atoms with Crippen LogP contribution in [0, 0.1) is 0 Å². The minimum absolute atomic E-state index is 0.111. The molecule has 2 heterocycles. The molecule has 2 aromatic heterocycles. The minimum atomic E-state index is -4.78. The SMILES string of the molecule is O=C(CC(F)(F)F)NCc1ccc(-c2noc(C(F)(F)F)n2)cn1. The fraction of sp³-hybridized carbons (Fsp3) is 0.333. The van der Waals surface area contributed by atoms with Crippen molar-refractivity contribution in [3.8, 4) is 11.4 Å². The predicted octanol–water partition coefficient (Wildman–Crippen LogP) is 2.72. The molecule has 6 nitrogen and oxygen atoms in total. The van der Waals surface area contributed by atoms with Crippen molar-refractivity contribution in [1.82, 2.24) is 20.4 Å². The van der Waals surface area contributed by atoms with Gasteiger partial charge in [-0.2, -0.15) is 31.3 Å². The van der Waals surface area contributed by atoms with E-state index in [2.05, 4.69) is 19.6 Å². The quantitative estimate of drug-likeness (QED) is 0.854. The zero-order valence-corrected chi connectivity index (χ0v) is 11.6. The Morgan fingerprint density at radius 1 is 1.17 bits per heavy atom. The molecule has 0 aliphatic carbocycles. The third kappa shape index (κ3) is 4.93. The molecule has 0 fully saturated rings. The van der Waals surface area contributed by atoms with Crippen LogP contribution in [-0.2, 0) is 17.5 Å². The normalized spacial score (nSPS) is 12.2. The van der Waals surface area contributed by atoms with E-state index in [4.69, 9.17) is 0 Å². The highest BCUT2D eigenvalue weighted by atomic mass is 19.4. The number of carbonyl (C=O) groups is 1. The summed E-state index contributed by atoms with van der Waals surface area (Å²) >= 11 is 0. The summed E-state index contributed by atoms with van der Waals surface area (Å²) in [6.45, 7) is -0.269. The summed E-state index contributed by atoms with van der Waals surface area (Å²) in [6.07, 6.45) is -9.90. The van der Waals surface area contributed by atoms with Crippen LogP contribution in [0.1, 0.15) is 18.0 Å². The van der Waals surface area contributed by atoms with Crippen LogP contribution in [0.2, 0.25) is 0 Å². The lowest BCUT2D eigenvalue weighted by Gasteiger charge is -2.07. The first-order valence-electron chi connectivity index (χ1n) is 6.24. The van der Waals surface area contributed by atoms with Crippen LogP contribution in [0.15, 0.2) is 22.9 Å². The Hall–Kier alpha value is -2.66. The molecule has 0 bridgehead atoms. The lowest BCUT2D eigenvalue weighted by atomic mass is 10.2. The number of halogens is 6. The predicted molar refractivity (Wildman–Crippen MR) is 65.0 cm³/mol. The van der Waals surface area contributed by atoms with Gasteiger partial charge in [-0.25, -0.2) is 0 Å². The Labute approximate surface area is 129 Å². The second-order valence-electron chi connectivity index (χ2n) is 4.53. The van der Waals surface area contributed by atoms with Crippen LogP contribution in [0.5, 0.6) is 0 Å². The molecule has 0 spiro atoms. The van der Waals surface area contributed by atoms with E-state index < -0.39 is 30.6 Å². The van der Waals surface area contributed by atoms with Crippen molar-refractivity contribution in [3.63, 3.8) is 0 Å². The maximum absolute atomic E-state index is 12.3. The van der Waals surface area contributed by atoms with E-state index in [1.54, 1.807) is 0 Å². The topological polar surface area (TPSA) is 80.9 Å². The van der Waals surface area contributed by atoms with Crippen LogP contribution >= 0.6 is 0 Å². The van der Waals surface area contributed by atoms with Gasteiger partial charge in [-0.05, 0) is 12.1 Å². The highest BCUT2D eigenvalue weighted by molar-refractivity contribution is 5.76. The van der Waals surface area contributed by atoms with Gasteiger partial charge in [0.2, 0.25) is 11.7 Å². The summed E-state index contributed by atoms with van der Waals surface area (Å²) < 4.78 is 77.0. The van der Waals surface area contributed by atoms with Gasteiger partial charge in [0.15, 0.2) is 0 Å². The highest BCUT2D eigenvalue weighted by Crippen LogP contribution is 2.29. The molecule has 1 amide bonds. The van der Waals surface area contributed by atoms with Crippen LogP contribution in [0.3, 0.4) is 0 Å². The third-order valence-electron chi connectivity index (χ3n) is 2.58. The monoisotopic (exact) mass is 354 g/mol. The van der Waals surface area contributed by atoms with E-state index in [1.165, 1.54) is 12.1 Å². The molecule has 2 rings (SSSR count). The lowest BCUT2D eigenvalue weighted by Crippen LogP contribution is -2.28. The summed E-state index contributed by atoms with van der Waals surface area (Å²) in [5.74, 6) is -3.08. The van der Waals surface area contributed by atoms with Crippen molar-refractivity contribution in [2.45, 2.75) is 25.3 Å². The number of amides is 1. The molecule has 0 saturated heterocycles. The Bertz CT molecular complexity index is 708. The fourth-order valence-electron chi connectivity index (χ4n) is 1.55. The molecule has 0 aliphatic rings. The van der Waals surface area contributed by atoms with E-state index in [0.29, 0.717) is 0 Å². The molecule has 1 N–H and O–H groups in total. The van der Waals surface area contributed by atoms with Crippen molar-refractivity contribution in [1.29, 1.82) is 0 Å². The van der Waals surface area contributed by atoms with Crippen molar-refractivity contribution in [2.75, 3.05) is 0 Å². The Balaban J connectivity index is 1.98. The number of aromatic nitrogens is 3. The molecule has 0 unspecified atom stereocenters. The first kappa shape index (κ1) is 17.7. The first-order chi connectivity index (χ1) is 11.0.